The Hall–Kier alpha value is -3.28. The average Bonchev–Trinajstić information content (AvgIpc) is 2.69. The molecule has 0 fully saturated rings. The molecule has 1 aromatic heterocycles. The van der Waals surface area contributed by atoms with E-state index in [9.17, 15) is 0 Å². The van der Waals surface area contributed by atoms with E-state index in [0.29, 0.717) is 5.95 Å². The number of hydrogen-bond donors (Lipinski definition) is 2. The zero-order valence-corrected chi connectivity index (χ0v) is 14.9. The number of hydrogen-bond acceptors (Lipinski definition) is 6. The molecule has 0 unspecified atom stereocenters. The Kier molecular flexibility index (Phi) is 5.88. The van der Waals surface area contributed by atoms with Gasteiger partial charge in [0.2, 0.25) is 5.95 Å². The Morgan fingerprint density at radius 2 is 1.62 bits per heavy atom. The molecule has 0 atom stereocenters. The summed E-state index contributed by atoms with van der Waals surface area (Å²) >= 11 is 0. The van der Waals surface area contributed by atoms with Crippen LogP contribution in [0, 0.1) is 0 Å². The van der Waals surface area contributed by atoms with Crippen LogP contribution in [0.3, 0.4) is 0 Å². The Bertz CT molecular complexity index is 854. The molecule has 0 aliphatic heterocycles. The van der Waals surface area contributed by atoms with Crippen molar-refractivity contribution in [1.29, 1.82) is 0 Å². The van der Waals surface area contributed by atoms with E-state index in [-0.39, 0.29) is 0 Å². The standard InChI is InChI=1S/C20H22N4O2/c1-25-17-9-5-3-7-15(17)11-13-21-19-12-14-22-20(24-19)23-16-8-4-6-10-18(16)26-2/h3-10,12,14H,11,13H2,1-2H3,(H2,21,22,23,24). The highest BCUT2D eigenvalue weighted by molar-refractivity contribution is 5.62. The van der Waals surface area contributed by atoms with Crippen LogP contribution in [0.15, 0.2) is 60.8 Å². The Balaban J connectivity index is 1.62. The predicted octanol–water partition coefficient (Wildman–Crippen LogP) is 3.89. The van der Waals surface area contributed by atoms with Crippen LogP contribution < -0.4 is 20.1 Å². The minimum atomic E-state index is 0.511. The van der Waals surface area contributed by atoms with Crippen LogP contribution in [0.1, 0.15) is 5.56 Å². The van der Waals surface area contributed by atoms with Crippen LogP contribution in [-0.4, -0.2) is 30.7 Å². The summed E-state index contributed by atoms with van der Waals surface area (Å²) in [6.07, 6.45) is 2.56. The first-order valence-corrected chi connectivity index (χ1v) is 8.39. The lowest BCUT2D eigenvalue weighted by molar-refractivity contribution is 0.410. The summed E-state index contributed by atoms with van der Waals surface area (Å²) in [6.45, 7) is 0.742. The molecule has 3 rings (SSSR count). The molecule has 6 nitrogen and oxygen atoms in total. The van der Waals surface area contributed by atoms with Gasteiger partial charge in [0.25, 0.3) is 0 Å². The minimum absolute atomic E-state index is 0.511. The van der Waals surface area contributed by atoms with E-state index in [0.717, 1.165) is 41.5 Å². The van der Waals surface area contributed by atoms with E-state index in [1.165, 1.54) is 0 Å². The van der Waals surface area contributed by atoms with Gasteiger partial charge < -0.3 is 20.1 Å². The Labute approximate surface area is 153 Å². The molecule has 2 N–H and O–H groups in total. The van der Waals surface area contributed by atoms with E-state index in [1.54, 1.807) is 20.4 Å². The van der Waals surface area contributed by atoms with Crippen molar-refractivity contribution in [1.82, 2.24) is 9.97 Å². The molecule has 0 saturated heterocycles. The summed E-state index contributed by atoms with van der Waals surface area (Å²) in [4.78, 5) is 8.76. The monoisotopic (exact) mass is 350 g/mol. The zero-order chi connectivity index (χ0) is 18.2. The quantitative estimate of drug-likeness (QED) is 0.642. The fourth-order valence-corrected chi connectivity index (χ4v) is 2.62. The summed E-state index contributed by atoms with van der Waals surface area (Å²) in [6, 6.07) is 17.5. The SMILES string of the molecule is COc1ccccc1CCNc1ccnc(Nc2ccccc2OC)n1. The van der Waals surface area contributed by atoms with Gasteiger partial charge in [0.1, 0.15) is 17.3 Å². The second-order valence-electron chi connectivity index (χ2n) is 5.58. The van der Waals surface area contributed by atoms with Crippen LogP contribution >= 0.6 is 0 Å². The lowest BCUT2D eigenvalue weighted by Gasteiger charge is -2.11. The average molecular weight is 350 g/mol. The summed E-state index contributed by atoms with van der Waals surface area (Å²) in [7, 11) is 3.32. The number of aromatic nitrogens is 2. The molecule has 26 heavy (non-hydrogen) atoms. The summed E-state index contributed by atoms with van der Waals surface area (Å²) in [5, 5.41) is 6.50. The van der Waals surface area contributed by atoms with Crippen molar-refractivity contribution in [2.24, 2.45) is 0 Å². The largest absolute Gasteiger partial charge is 0.496 e. The maximum atomic E-state index is 5.38. The smallest absolute Gasteiger partial charge is 0.229 e. The van der Waals surface area contributed by atoms with Crippen molar-refractivity contribution in [2.75, 3.05) is 31.4 Å². The van der Waals surface area contributed by atoms with E-state index in [4.69, 9.17) is 9.47 Å². The molecule has 0 spiro atoms. The number of benzene rings is 2. The number of rotatable bonds is 8. The van der Waals surface area contributed by atoms with Gasteiger partial charge in [-0.25, -0.2) is 4.98 Å². The fraction of sp³-hybridized carbons (Fsp3) is 0.200. The van der Waals surface area contributed by atoms with Crippen molar-refractivity contribution in [3.8, 4) is 11.5 Å². The Morgan fingerprint density at radius 3 is 2.42 bits per heavy atom. The Morgan fingerprint density at radius 1 is 0.885 bits per heavy atom. The van der Waals surface area contributed by atoms with E-state index < -0.39 is 0 Å². The third-order valence-corrected chi connectivity index (χ3v) is 3.90. The number of methoxy groups -OCH3 is 2. The van der Waals surface area contributed by atoms with Crippen LogP contribution in [-0.2, 0) is 6.42 Å². The highest BCUT2D eigenvalue weighted by Crippen LogP contribution is 2.25. The number of ether oxygens (including phenoxy) is 2. The predicted molar refractivity (Wildman–Crippen MR) is 103 cm³/mol. The summed E-state index contributed by atoms with van der Waals surface area (Å²) < 4.78 is 10.7. The second-order valence-corrected chi connectivity index (χ2v) is 5.58. The van der Waals surface area contributed by atoms with Gasteiger partial charge in [-0.15, -0.1) is 0 Å². The molecular weight excluding hydrogens is 328 g/mol. The molecule has 2 aromatic carbocycles. The first-order valence-electron chi connectivity index (χ1n) is 8.39. The van der Waals surface area contributed by atoms with Crippen LogP contribution in [0.2, 0.25) is 0 Å². The van der Waals surface area contributed by atoms with Crippen LogP contribution in [0.5, 0.6) is 11.5 Å². The third-order valence-electron chi connectivity index (χ3n) is 3.90. The summed E-state index contributed by atoms with van der Waals surface area (Å²) in [5.74, 6) is 2.91. The molecule has 6 heteroatoms. The van der Waals surface area contributed by atoms with Gasteiger partial charge in [-0.05, 0) is 36.2 Å². The van der Waals surface area contributed by atoms with Crippen molar-refractivity contribution in [2.45, 2.75) is 6.42 Å². The van der Waals surface area contributed by atoms with Gasteiger partial charge in [-0.2, -0.15) is 4.98 Å². The molecule has 0 bridgehead atoms. The molecule has 0 aliphatic rings. The van der Waals surface area contributed by atoms with Gasteiger partial charge in [0.15, 0.2) is 0 Å². The highest BCUT2D eigenvalue weighted by Gasteiger charge is 2.05. The number of nitrogens with one attached hydrogen (secondary N) is 2. The lowest BCUT2D eigenvalue weighted by atomic mass is 10.1. The normalized spacial score (nSPS) is 10.2. The maximum Gasteiger partial charge on any atom is 0.229 e. The van der Waals surface area contributed by atoms with Crippen molar-refractivity contribution < 1.29 is 9.47 Å². The van der Waals surface area contributed by atoms with Crippen molar-refractivity contribution >= 4 is 17.5 Å². The van der Waals surface area contributed by atoms with E-state index >= 15 is 0 Å². The molecule has 0 radical (unpaired) electrons. The lowest BCUT2D eigenvalue weighted by Crippen LogP contribution is -2.08. The maximum absolute atomic E-state index is 5.38. The van der Waals surface area contributed by atoms with Crippen molar-refractivity contribution in [3.05, 3.63) is 66.4 Å². The topological polar surface area (TPSA) is 68.3 Å². The molecular formula is C20H22N4O2. The zero-order valence-electron chi connectivity index (χ0n) is 14.9. The molecule has 1 heterocycles. The first-order chi connectivity index (χ1) is 12.8. The number of para-hydroxylation sites is 3. The van der Waals surface area contributed by atoms with Gasteiger partial charge in [0.05, 0.1) is 19.9 Å². The molecule has 0 amide bonds. The fourth-order valence-electron chi connectivity index (χ4n) is 2.62. The molecule has 0 saturated carbocycles. The van der Waals surface area contributed by atoms with E-state index in [2.05, 4.69) is 26.7 Å². The van der Waals surface area contributed by atoms with Gasteiger partial charge >= 0.3 is 0 Å². The first kappa shape index (κ1) is 17.5. The van der Waals surface area contributed by atoms with Gasteiger partial charge in [-0.3, -0.25) is 0 Å². The summed E-state index contributed by atoms with van der Waals surface area (Å²) in [5.41, 5.74) is 1.98. The highest BCUT2D eigenvalue weighted by atomic mass is 16.5. The van der Waals surface area contributed by atoms with Gasteiger partial charge in [-0.1, -0.05) is 30.3 Å². The third kappa shape index (κ3) is 4.42. The minimum Gasteiger partial charge on any atom is -0.496 e. The van der Waals surface area contributed by atoms with E-state index in [1.807, 2.05) is 48.5 Å². The van der Waals surface area contributed by atoms with Gasteiger partial charge in [0, 0.05) is 12.7 Å². The van der Waals surface area contributed by atoms with Crippen LogP contribution in [0.25, 0.3) is 0 Å². The molecule has 134 valence electrons. The number of anilines is 3. The second kappa shape index (κ2) is 8.71. The van der Waals surface area contributed by atoms with Crippen LogP contribution in [0.4, 0.5) is 17.5 Å². The molecule has 0 aliphatic carbocycles. The van der Waals surface area contributed by atoms with Crippen molar-refractivity contribution in [3.63, 3.8) is 0 Å². The number of nitrogens with zero attached hydrogens (tertiary/aromatic N) is 2. The molecule has 3 aromatic rings.